The van der Waals surface area contributed by atoms with Crippen molar-refractivity contribution in [2.75, 3.05) is 0 Å². The molecule has 1 heterocycles. The van der Waals surface area contributed by atoms with Gasteiger partial charge in [-0.1, -0.05) is 78.0 Å². The van der Waals surface area contributed by atoms with Crippen LogP contribution >= 0.6 is 0 Å². The SMILES string of the molecule is O=C(Cc1cc(-c2ccccc2)on1)NCc1cccc(OCc2ccccc2)c1. The van der Waals surface area contributed by atoms with Crippen molar-refractivity contribution in [3.8, 4) is 17.1 Å². The average molecular weight is 398 g/mol. The van der Waals surface area contributed by atoms with Crippen LogP contribution in [0.15, 0.2) is 95.5 Å². The minimum atomic E-state index is -0.112. The zero-order valence-electron chi connectivity index (χ0n) is 16.5. The van der Waals surface area contributed by atoms with Gasteiger partial charge in [-0.15, -0.1) is 0 Å². The molecule has 0 atom stereocenters. The Morgan fingerprint density at radius 1 is 0.867 bits per heavy atom. The van der Waals surface area contributed by atoms with Gasteiger partial charge in [0.1, 0.15) is 12.4 Å². The van der Waals surface area contributed by atoms with E-state index in [1.165, 1.54) is 0 Å². The third-order valence-corrected chi connectivity index (χ3v) is 4.60. The Kier molecular flexibility index (Phi) is 6.20. The summed E-state index contributed by atoms with van der Waals surface area (Å²) in [7, 11) is 0. The standard InChI is InChI=1S/C25H22N2O3/c28-25(16-22-15-24(30-27-22)21-11-5-2-6-12-21)26-17-20-10-7-13-23(14-20)29-18-19-8-3-1-4-9-19/h1-15H,16-18H2,(H,26,28). The molecule has 1 N–H and O–H groups in total. The fraction of sp³-hybridized carbons (Fsp3) is 0.120. The third kappa shape index (κ3) is 5.35. The van der Waals surface area contributed by atoms with Crippen molar-refractivity contribution in [2.45, 2.75) is 19.6 Å². The molecule has 0 saturated heterocycles. The zero-order chi connectivity index (χ0) is 20.6. The Bertz CT molecular complexity index is 1090. The van der Waals surface area contributed by atoms with Crippen LogP contribution in [0.2, 0.25) is 0 Å². The normalized spacial score (nSPS) is 10.5. The molecule has 0 fully saturated rings. The summed E-state index contributed by atoms with van der Waals surface area (Å²) in [4.78, 5) is 12.3. The predicted molar refractivity (Wildman–Crippen MR) is 115 cm³/mol. The van der Waals surface area contributed by atoms with E-state index in [2.05, 4.69) is 10.5 Å². The Morgan fingerprint density at radius 2 is 1.60 bits per heavy atom. The molecule has 0 saturated carbocycles. The summed E-state index contributed by atoms with van der Waals surface area (Å²) in [5, 5.41) is 6.92. The van der Waals surface area contributed by atoms with Crippen molar-refractivity contribution < 1.29 is 14.1 Å². The van der Waals surface area contributed by atoms with E-state index in [0.29, 0.717) is 24.6 Å². The highest BCUT2D eigenvalue weighted by atomic mass is 16.5. The van der Waals surface area contributed by atoms with Crippen LogP contribution in [0.3, 0.4) is 0 Å². The smallest absolute Gasteiger partial charge is 0.226 e. The predicted octanol–water partition coefficient (Wildman–Crippen LogP) is 4.78. The molecule has 0 unspecified atom stereocenters. The summed E-state index contributed by atoms with van der Waals surface area (Å²) in [6.07, 6.45) is 0.167. The van der Waals surface area contributed by atoms with Crippen molar-refractivity contribution in [2.24, 2.45) is 0 Å². The lowest BCUT2D eigenvalue weighted by atomic mass is 10.1. The number of rotatable bonds is 8. The van der Waals surface area contributed by atoms with Gasteiger partial charge in [0.25, 0.3) is 0 Å². The highest BCUT2D eigenvalue weighted by Gasteiger charge is 2.10. The van der Waals surface area contributed by atoms with Gasteiger partial charge in [0.2, 0.25) is 5.91 Å². The average Bonchev–Trinajstić information content (AvgIpc) is 3.26. The van der Waals surface area contributed by atoms with Crippen molar-refractivity contribution in [1.29, 1.82) is 0 Å². The molecule has 5 nitrogen and oxygen atoms in total. The number of hydrogen-bond donors (Lipinski definition) is 1. The topological polar surface area (TPSA) is 64.4 Å². The zero-order valence-corrected chi connectivity index (χ0v) is 16.5. The lowest BCUT2D eigenvalue weighted by Crippen LogP contribution is -2.24. The van der Waals surface area contributed by atoms with E-state index >= 15 is 0 Å². The number of aromatic nitrogens is 1. The van der Waals surface area contributed by atoms with E-state index in [0.717, 1.165) is 22.4 Å². The fourth-order valence-electron chi connectivity index (χ4n) is 3.05. The third-order valence-electron chi connectivity index (χ3n) is 4.60. The van der Waals surface area contributed by atoms with Crippen LogP contribution in [0.1, 0.15) is 16.8 Å². The van der Waals surface area contributed by atoms with Crippen LogP contribution < -0.4 is 10.1 Å². The minimum absolute atomic E-state index is 0.112. The summed E-state index contributed by atoms with van der Waals surface area (Å²) >= 11 is 0. The molecule has 0 aliphatic heterocycles. The second-order valence-electron chi connectivity index (χ2n) is 6.92. The monoisotopic (exact) mass is 398 g/mol. The molecule has 1 aromatic heterocycles. The number of amides is 1. The molecule has 3 aromatic carbocycles. The minimum Gasteiger partial charge on any atom is -0.489 e. The number of hydrogen-bond acceptors (Lipinski definition) is 4. The molecule has 0 radical (unpaired) electrons. The largest absolute Gasteiger partial charge is 0.489 e. The maximum Gasteiger partial charge on any atom is 0.226 e. The Balaban J connectivity index is 1.28. The van der Waals surface area contributed by atoms with Gasteiger partial charge in [-0.3, -0.25) is 4.79 Å². The highest BCUT2D eigenvalue weighted by Crippen LogP contribution is 2.20. The highest BCUT2D eigenvalue weighted by molar-refractivity contribution is 5.78. The molecule has 1 amide bonds. The summed E-state index contributed by atoms with van der Waals surface area (Å²) in [6.45, 7) is 0.928. The number of nitrogens with zero attached hydrogens (tertiary/aromatic N) is 1. The Hall–Kier alpha value is -3.86. The van der Waals surface area contributed by atoms with E-state index in [1.54, 1.807) is 6.07 Å². The summed E-state index contributed by atoms with van der Waals surface area (Å²) in [5.74, 6) is 1.31. The van der Waals surface area contributed by atoms with E-state index in [1.807, 2.05) is 84.9 Å². The summed E-state index contributed by atoms with van der Waals surface area (Å²) < 4.78 is 11.2. The molecule has 150 valence electrons. The van der Waals surface area contributed by atoms with Gasteiger partial charge >= 0.3 is 0 Å². The van der Waals surface area contributed by atoms with Crippen LogP contribution in [-0.2, 0) is 24.4 Å². The molecule has 30 heavy (non-hydrogen) atoms. The van der Waals surface area contributed by atoms with Crippen molar-refractivity contribution in [3.63, 3.8) is 0 Å². The van der Waals surface area contributed by atoms with Gasteiger partial charge < -0.3 is 14.6 Å². The van der Waals surface area contributed by atoms with Crippen LogP contribution in [-0.4, -0.2) is 11.1 Å². The second-order valence-corrected chi connectivity index (χ2v) is 6.92. The first-order chi connectivity index (χ1) is 14.8. The second kappa shape index (κ2) is 9.56. The number of benzene rings is 3. The van der Waals surface area contributed by atoms with Crippen LogP contribution in [0.25, 0.3) is 11.3 Å². The molecule has 0 bridgehead atoms. The van der Waals surface area contributed by atoms with Gasteiger partial charge in [0, 0.05) is 18.2 Å². The molecule has 0 spiro atoms. The van der Waals surface area contributed by atoms with Crippen molar-refractivity contribution >= 4 is 5.91 Å². The van der Waals surface area contributed by atoms with Crippen LogP contribution in [0, 0.1) is 0 Å². The van der Waals surface area contributed by atoms with E-state index in [-0.39, 0.29) is 12.3 Å². The molecular formula is C25H22N2O3. The Morgan fingerprint density at radius 3 is 2.40 bits per heavy atom. The molecular weight excluding hydrogens is 376 g/mol. The number of nitrogens with one attached hydrogen (secondary N) is 1. The Labute approximate surface area is 175 Å². The number of carbonyl (C=O) groups excluding carboxylic acids is 1. The molecule has 0 aliphatic rings. The maximum absolute atomic E-state index is 12.3. The lowest BCUT2D eigenvalue weighted by molar-refractivity contribution is -0.120. The maximum atomic E-state index is 12.3. The fourth-order valence-corrected chi connectivity index (χ4v) is 3.05. The first-order valence-electron chi connectivity index (χ1n) is 9.80. The van der Waals surface area contributed by atoms with E-state index in [9.17, 15) is 4.79 Å². The van der Waals surface area contributed by atoms with Crippen molar-refractivity contribution in [1.82, 2.24) is 10.5 Å². The van der Waals surface area contributed by atoms with Crippen LogP contribution in [0.4, 0.5) is 0 Å². The number of ether oxygens (including phenoxy) is 1. The van der Waals surface area contributed by atoms with E-state index in [4.69, 9.17) is 9.26 Å². The lowest BCUT2D eigenvalue weighted by Gasteiger charge is -2.09. The van der Waals surface area contributed by atoms with Crippen molar-refractivity contribution in [3.05, 3.63) is 108 Å². The van der Waals surface area contributed by atoms with Gasteiger partial charge in [0.05, 0.1) is 12.1 Å². The van der Waals surface area contributed by atoms with Crippen LogP contribution in [0.5, 0.6) is 5.75 Å². The van der Waals surface area contributed by atoms with Gasteiger partial charge in [-0.25, -0.2) is 0 Å². The van der Waals surface area contributed by atoms with Gasteiger partial charge in [-0.2, -0.15) is 0 Å². The molecule has 4 aromatic rings. The molecule has 4 rings (SSSR count). The number of carbonyl (C=O) groups is 1. The quantitative estimate of drug-likeness (QED) is 0.464. The van der Waals surface area contributed by atoms with Gasteiger partial charge in [-0.05, 0) is 23.3 Å². The van der Waals surface area contributed by atoms with Gasteiger partial charge in [0.15, 0.2) is 5.76 Å². The molecule has 0 aliphatic carbocycles. The first-order valence-corrected chi connectivity index (χ1v) is 9.80. The molecule has 5 heteroatoms. The summed E-state index contributed by atoms with van der Waals surface area (Å²) in [6, 6.07) is 29.2. The first kappa shape index (κ1) is 19.5. The van der Waals surface area contributed by atoms with E-state index < -0.39 is 0 Å². The summed E-state index contributed by atoms with van der Waals surface area (Å²) in [5.41, 5.74) is 3.62.